The first kappa shape index (κ1) is 16.1. The van der Waals surface area contributed by atoms with E-state index in [1.54, 1.807) is 6.20 Å². The number of fused-ring (bicyclic) bond motifs is 2. The first-order valence-electron chi connectivity index (χ1n) is 8.83. The number of halogens is 1. The minimum atomic E-state index is 0.0857. The van der Waals surface area contributed by atoms with Crippen LogP contribution in [0.2, 0.25) is 5.15 Å². The van der Waals surface area contributed by atoms with Gasteiger partial charge in [0.15, 0.2) is 11.5 Å². The van der Waals surface area contributed by atoms with E-state index in [1.165, 1.54) is 0 Å². The van der Waals surface area contributed by atoms with E-state index in [4.69, 9.17) is 16.6 Å². The van der Waals surface area contributed by atoms with Crippen LogP contribution in [-0.4, -0.2) is 37.8 Å². The van der Waals surface area contributed by atoms with Crippen LogP contribution in [0.15, 0.2) is 42.9 Å². The summed E-state index contributed by atoms with van der Waals surface area (Å²) >= 11 is 6.67. The maximum Gasteiger partial charge on any atom is 0.220 e. The summed E-state index contributed by atoms with van der Waals surface area (Å²) in [7, 11) is 0. The lowest BCUT2D eigenvalue weighted by Crippen LogP contribution is -2.42. The van der Waals surface area contributed by atoms with Crippen molar-refractivity contribution in [1.29, 1.82) is 0 Å². The summed E-state index contributed by atoms with van der Waals surface area (Å²) in [6, 6.07) is 8.15. The van der Waals surface area contributed by atoms with Gasteiger partial charge in [-0.15, -0.1) is 0 Å². The molecule has 1 saturated heterocycles. The molecular weight excluding hydrogens is 364 g/mol. The van der Waals surface area contributed by atoms with Gasteiger partial charge >= 0.3 is 0 Å². The standard InChI is InChI=1S/C19H17ClN6O/c20-17-16(13-10-22-14-4-2-1-3-12(13)14)25-18(19-21-7-8-26(17)19)24-11-5-6-15(27)23-9-11/h1-4,7-8,10-11,22H,5-6,9H2,(H,23,27)(H,24,25)/t11-/m0/s1. The zero-order valence-electron chi connectivity index (χ0n) is 14.4. The summed E-state index contributed by atoms with van der Waals surface area (Å²) in [5.74, 6) is 0.744. The van der Waals surface area contributed by atoms with Gasteiger partial charge in [-0.25, -0.2) is 9.97 Å². The number of carbonyl (C=O) groups is 1. The van der Waals surface area contributed by atoms with E-state index in [0.29, 0.717) is 35.3 Å². The predicted octanol–water partition coefficient (Wildman–Crippen LogP) is 3.22. The number of aromatic nitrogens is 4. The Hall–Kier alpha value is -3.06. The highest BCUT2D eigenvalue weighted by atomic mass is 35.5. The van der Waals surface area contributed by atoms with E-state index in [1.807, 2.05) is 41.1 Å². The van der Waals surface area contributed by atoms with Crippen LogP contribution in [-0.2, 0) is 4.79 Å². The number of hydrogen-bond acceptors (Lipinski definition) is 4. The van der Waals surface area contributed by atoms with Crippen LogP contribution in [0.4, 0.5) is 5.82 Å². The predicted molar refractivity (Wildman–Crippen MR) is 105 cm³/mol. The number of piperidine rings is 1. The van der Waals surface area contributed by atoms with Gasteiger partial charge in [0.1, 0.15) is 10.8 Å². The molecule has 136 valence electrons. The molecule has 7 nitrogen and oxygen atoms in total. The summed E-state index contributed by atoms with van der Waals surface area (Å²) in [6.45, 7) is 0.568. The molecule has 27 heavy (non-hydrogen) atoms. The average molecular weight is 381 g/mol. The topological polar surface area (TPSA) is 87.1 Å². The molecule has 1 aliphatic rings. The van der Waals surface area contributed by atoms with Crippen LogP contribution < -0.4 is 10.6 Å². The Morgan fingerprint density at radius 3 is 3.04 bits per heavy atom. The smallest absolute Gasteiger partial charge is 0.220 e. The Morgan fingerprint density at radius 1 is 1.30 bits per heavy atom. The molecule has 0 bridgehead atoms. The van der Waals surface area contributed by atoms with Crippen molar-refractivity contribution in [3.8, 4) is 11.3 Å². The van der Waals surface area contributed by atoms with E-state index in [2.05, 4.69) is 20.6 Å². The number of para-hydroxylation sites is 1. The summed E-state index contributed by atoms with van der Waals surface area (Å²) in [5, 5.41) is 7.88. The van der Waals surface area contributed by atoms with Crippen LogP contribution in [0.25, 0.3) is 27.8 Å². The number of amides is 1. The van der Waals surface area contributed by atoms with Crippen LogP contribution in [0, 0.1) is 0 Å². The van der Waals surface area contributed by atoms with Crippen LogP contribution in [0.1, 0.15) is 12.8 Å². The van der Waals surface area contributed by atoms with E-state index in [-0.39, 0.29) is 11.9 Å². The zero-order chi connectivity index (χ0) is 18.4. The summed E-state index contributed by atoms with van der Waals surface area (Å²) < 4.78 is 1.83. The second kappa shape index (κ2) is 6.28. The Kier molecular flexibility index (Phi) is 3.75. The first-order valence-corrected chi connectivity index (χ1v) is 9.21. The maximum atomic E-state index is 11.4. The number of aromatic amines is 1. The molecule has 1 aliphatic heterocycles. The number of benzene rings is 1. The fourth-order valence-electron chi connectivity index (χ4n) is 3.54. The van der Waals surface area contributed by atoms with Crippen molar-refractivity contribution in [1.82, 2.24) is 24.7 Å². The lowest BCUT2D eigenvalue weighted by atomic mass is 10.1. The van der Waals surface area contributed by atoms with Gasteiger partial charge < -0.3 is 15.6 Å². The Labute approximate surface area is 159 Å². The molecule has 4 aromatic rings. The Balaban J connectivity index is 1.63. The van der Waals surface area contributed by atoms with E-state index >= 15 is 0 Å². The Bertz CT molecular complexity index is 1150. The zero-order valence-corrected chi connectivity index (χ0v) is 15.1. The van der Waals surface area contributed by atoms with Gasteiger partial charge in [-0.1, -0.05) is 29.8 Å². The van der Waals surface area contributed by atoms with Gasteiger partial charge in [0.2, 0.25) is 5.91 Å². The first-order chi connectivity index (χ1) is 13.2. The number of hydrogen-bond donors (Lipinski definition) is 3. The molecule has 0 aliphatic carbocycles. The van der Waals surface area contributed by atoms with Gasteiger partial charge in [0, 0.05) is 54.1 Å². The molecule has 1 atom stereocenters. The van der Waals surface area contributed by atoms with Gasteiger partial charge in [-0.3, -0.25) is 9.20 Å². The number of rotatable bonds is 3. The number of nitrogens with zero attached hydrogens (tertiary/aromatic N) is 3. The molecule has 3 N–H and O–H groups in total. The van der Waals surface area contributed by atoms with Crippen LogP contribution in [0.5, 0.6) is 0 Å². The number of carbonyl (C=O) groups excluding carboxylic acids is 1. The van der Waals surface area contributed by atoms with Crippen molar-refractivity contribution >= 4 is 39.9 Å². The molecule has 3 aromatic heterocycles. The highest BCUT2D eigenvalue weighted by molar-refractivity contribution is 6.32. The van der Waals surface area contributed by atoms with Crippen molar-refractivity contribution in [3.63, 3.8) is 0 Å². The molecule has 0 saturated carbocycles. The van der Waals surface area contributed by atoms with Crippen LogP contribution in [0.3, 0.4) is 0 Å². The molecule has 8 heteroatoms. The summed E-state index contributed by atoms with van der Waals surface area (Å²) in [6.07, 6.45) is 6.71. The summed E-state index contributed by atoms with van der Waals surface area (Å²) in [5.41, 5.74) is 3.31. The number of anilines is 1. The van der Waals surface area contributed by atoms with Gasteiger partial charge in [0.25, 0.3) is 0 Å². The van der Waals surface area contributed by atoms with Crippen molar-refractivity contribution in [2.45, 2.75) is 18.9 Å². The molecule has 1 amide bonds. The highest BCUT2D eigenvalue weighted by Crippen LogP contribution is 2.34. The molecule has 0 unspecified atom stereocenters. The minimum absolute atomic E-state index is 0.0857. The van der Waals surface area contributed by atoms with E-state index < -0.39 is 0 Å². The van der Waals surface area contributed by atoms with Gasteiger partial charge in [-0.2, -0.15) is 0 Å². The fourth-order valence-corrected chi connectivity index (χ4v) is 3.82. The lowest BCUT2D eigenvalue weighted by molar-refractivity contribution is -0.122. The Morgan fingerprint density at radius 2 is 2.19 bits per heavy atom. The maximum absolute atomic E-state index is 11.4. The third-order valence-electron chi connectivity index (χ3n) is 4.93. The van der Waals surface area contributed by atoms with Crippen molar-refractivity contribution in [3.05, 3.63) is 48.0 Å². The summed E-state index contributed by atoms with van der Waals surface area (Å²) in [4.78, 5) is 23.9. The number of imidazole rings is 1. The molecule has 0 radical (unpaired) electrons. The largest absolute Gasteiger partial charge is 0.362 e. The number of nitrogens with one attached hydrogen (secondary N) is 3. The van der Waals surface area contributed by atoms with E-state index in [0.717, 1.165) is 22.9 Å². The third-order valence-corrected chi connectivity index (χ3v) is 5.29. The molecule has 5 rings (SSSR count). The van der Waals surface area contributed by atoms with E-state index in [9.17, 15) is 4.79 Å². The SMILES string of the molecule is O=C1CC[C@H](Nc2nc(-c3c[nH]c4ccccc34)c(Cl)n3ccnc23)CN1. The van der Waals surface area contributed by atoms with Gasteiger partial charge in [-0.05, 0) is 12.5 Å². The lowest BCUT2D eigenvalue weighted by Gasteiger charge is -2.24. The highest BCUT2D eigenvalue weighted by Gasteiger charge is 2.22. The monoisotopic (exact) mass is 380 g/mol. The second-order valence-corrected chi connectivity index (χ2v) is 7.01. The second-order valence-electron chi connectivity index (χ2n) is 6.65. The minimum Gasteiger partial charge on any atom is -0.362 e. The normalized spacial score (nSPS) is 17.4. The molecule has 0 spiro atoms. The fraction of sp³-hybridized carbons (Fsp3) is 0.211. The average Bonchev–Trinajstić information content (AvgIpc) is 3.33. The third kappa shape index (κ3) is 2.71. The van der Waals surface area contributed by atoms with Crippen molar-refractivity contribution < 1.29 is 4.79 Å². The molecular formula is C19H17ClN6O. The molecule has 1 fully saturated rings. The van der Waals surface area contributed by atoms with Crippen molar-refractivity contribution in [2.24, 2.45) is 0 Å². The molecule has 4 heterocycles. The van der Waals surface area contributed by atoms with Gasteiger partial charge in [0.05, 0.1) is 0 Å². The van der Waals surface area contributed by atoms with Crippen LogP contribution >= 0.6 is 11.6 Å². The number of H-pyrrole nitrogens is 1. The molecule has 1 aromatic carbocycles. The quantitative estimate of drug-likeness (QED) is 0.509. The van der Waals surface area contributed by atoms with Crippen molar-refractivity contribution in [2.75, 3.05) is 11.9 Å².